The number of ketones is 1. The molecule has 0 bridgehead atoms. The SMILES string of the molecule is COc1ccc(CCC(C)NC(=O)CCC(=O)c2ccc(Cl)s2)cc1. The van der Waals surface area contributed by atoms with E-state index in [0.717, 1.165) is 18.6 Å². The van der Waals surface area contributed by atoms with Crippen LogP contribution >= 0.6 is 22.9 Å². The first kappa shape index (κ1) is 19.5. The van der Waals surface area contributed by atoms with Gasteiger partial charge in [-0.1, -0.05) is 23.7 Å². The first-order chi connectivity index (χ1) is 12.0. The molecule has 0 saturated heterocycles. The van der Waals surface area contributed by atoms with Crippen LogP contribution in [-0.2, 0) is 11.2 Å². The van der Waals surface area contributed by atoms with E-state index in [-0.39, 0.29) is 30.6 Å². The molecule has 4 nitrogen and oxygen atoms in total. The molecule has 0 aliphatic rings. The number of carbonyl (C=O) groups excluding carboxylic acids is 2. The van der Waals surface area contributed by atoms with E-state index < -0.39 is 0 Å². The molecule has 0 saturated carbocycles. The fourth-order valence-corrected chi connectivity index (χ4v) is 3.42. The lowest BCUT2D eigenvalue weighted by atomic mass is 10.1. The summed E-state index contributed by atoms with van der Waals surface area (Å²) in [7, 11) is 1.64. The maximum atomic E-state index is 12.0. The van der Waals surface area contributed by atoms with Crippen LogP contribution in [0, 0.1) is 0 Å². The molecule has 1 aromatic carbocycles. The standard InChI is InChI=1S/C19H22ClNO3S/c1-13(3-4-14-5-7-15(24-2)8-6-14)21-19(23)12-9-16(22)17-10-11-18(20)25-17/h5-8,10-11,13H,3-4,9,12H2,1-2H3,(H,21,23). The van der Waals surface area contributed by atoms with E-state index >= 15 is 0 Å². The summed E-state index contributed by atoms with van der Waals surface area (Å²) >= 11 is 7.06. The predicted octanol–water partition coefficient (Wildman–Crippen LogP) is 4.51. The van der Waals surface area contributed by atoms with E-state index in [1.54, 1.807) is 19.2 Å². The first-order valence-corrected chi connectivity index (χ1v) is 9.38. The van der Waals surface area contributed by atoms with Crippen LogP contribution in [0.4, 0.5) is 0 Å². The lowest BCUT2D eigenvalue weighted by molar-refractivity contribution is -0.121. The molecule has 1 aromatic heterocycles. The number of thiophene rings is 1. The number of nitrogens with one attached hydrogen (secondary N) is 1. The molecule has 1 unspecified atom stereocenters. The van der Waals surface area contributed by atoms with Crippen LogP contribution in [0.3, 0.4) is 0 Å². The second-order valence-corrected chi connectivity index (χ2v) is 7.60. The average molecular weight is 380 g/mol. The number of Topliss-reactive ketones (excluding diaryl/α,β-unsaturated/α-hetero) is 1. The Morgan fingerprint density at radius 2 is 1.88 bits per heavy atom. The molecule has 1 heterocycles. The highest BCUT2D eigenvalue weighted by Crippen LogP contribution is 2.22. The van der Waals surface area contributed by atoms with Gasteiger partial charge in [0.15, 0.2) is 5.78 Å². The van der Waals surface area contributed by atoms with Gasteiger partial charge in [-0.05, 0) is 49.6 Å². The summed E-state index contributed by atoms with van der Waals surface area (Å²) in [6, 6.07) is 11.4. The molecular weight excluding hydrogens is 358 g/mol. The Kier molecular flexibility index (Phi) is 7.47. The van der Waals surface area contributed by atoms with Crippen molar-refractivity contribution in [2.24, 2.45) is 0 Å². The zero-order chi connectivity index (χ0) is 18.2. The number of halogens is 1. The van der Waals surface area contributed by atoms with Crippen LogP contribution in [-0.4, -0.2) is 24.8 Å². The van der Waals surface area contributed by atoms with Crippen molar-refractivity contribution in [1.29, 1.82) is 0 Å². The van der Waals surface area contributed by atoms with E-state index in [2.05, 4.69) is 5.32 Å². The molecule has 0 radical (unpaired) electrons. The van der Waals surface area contributed by atoms with Gasteiger partial charge < -0.3 is 10.1 Å². The van der Waals surface area contributed by atoms with E-state index in [9.17, 15) is 9.59 Å². The van der Waals surface area contributed by atoms with Gasteiger partial charge in [0.2, 0.25) is 5.91 Å². The number of carbonyl (C=O) groups is 2. The van der Waals surface area contributed by atoms with E-state index in [1.807, 2.05) is 31.2 Å². The van der Waals surface area contributed by atoms with Crippen LogP contribution in [0.25, 0.3) is 0 Å². The summed E-state index contributed by atoms with van der Waals surface area (Å²) < 4.78 is 5.72. The van der Waals surface area contributed by atoms with Gasteiger partial charge in [0.25, 0.3) is 0 Å². The number of ether oxygens (including phenoxy) is 1. The van der Waals surface area contributed by atoms with Crippen molar-refractivity contribution in [3.8, 4) is 5.75 Å². The molecule has 1 N–H and O–H groups in total. The Bertz CT molecular complexity index is 712. The topological polar surface area (TPSA) is 55.4 Å². The molecule has 6 heteroatoms. The van der Waals surface area contributed by atoms with Gasteiger partial charge in [-0.25, -0.2) is 0 Å². The van der Waals surface area contributed by atoms with Crippen molar-refractivity contribution in [3.05, 3.63) is 51.2 Å². The minimum atomic E-state index is -0.0989. The molecule has 25 heavy (non-hydrogen) atoms. The summed E-state index contributed by atoms with van der Waals surface area (Å²) in [6.07, 6.45) is 2.11. The van der Waals surface area contributed by atoms with Gasteiger partial charge in [0.05, 0.1) is 16.3 Å². The molecule has 0 aliphatic carbocycles. The smallest absolute Gasteiger partial charge is 0.220 e. The third-order valence-electron chi connectivity index (χ3n) is 3.86. The maximum Gasteiger partial charge on any atom is 0.220 e. The van der Waals surface area contributed by atoms with Gasteiger partial charge in [0.1, 0.15) is 5.75 Å². The third kappa shape index (κ3) is 6.52. The quantitative estimate of drug-likeness (QED) is 0.652. The Hall–Kier alpha value is -1.85. The maximum absolute atomic E-state index is 12.0. The second kappa shape index (κ2) is 9.59. The molecule has 134 valence electrons. The van der Waals surface area contributed by atoms with E-state index in [0.29, 0.717) is 9.21 Å². The Morgan fingerprint density at radius 1 is 1.16 bits per heavy atom. The lowest BCUT2D eigenvalue weighted by Crippen LogP contribution is -2.33. The molecule has 0 fully saturated rings. The van der Waals surface area contributed by atoms with Crippen LogP contribution in [0.15, 0.2) is 36.4 Å². The van der Waals surface area contributed by atoms with E-state index in [1.165, 1.54) is 16.9 Å². The summed E-state index contributed by atoms with van der Waals surface area (Å²) in [5.74, 6) is 0.693. The highest BCUT2D eigenvalue weighted by molar-refractivity contribution is 7.18. The van der Waals surface area contributed by atoms with Crippen molar-refractivity contribution in [1.82, 2.24) is 5.32 Å². The van der Waals surface area contributed by atoms with Gasteiger partial charge in [-0.3, -0.25) is 9.59 Å². The summed E-state index contributed by atoms with van der Waals surface area (Å²) in [6.45, 7) is 1.97. The lowest BCUT2D eigenvalue weighted by Gasteiger charge is -2.14. The third-order valence-corrected chi connectivity index (χ3v) is 5.13. The molecule has 0 spiro atoms. The number of benzene rings is 1. The molecule has 1 atom stereocenters. The van der Waals surface area contributed by atoms with Crippen molar-refractivity contribution in [2.75, 3.05) is 7.11 Å². The highest BCUT2D eigenvalue weighted by atomic mass is 35.5. The number of amides is 1. The van der Waals surface area contributed by atoms with Crippen molar-refractivity contribution < 1.29 is 14.3 Å². The largest absolute Gasteiger partial charge is 0.497 e. The van der Waals surface area contributed by atoms with Crippen molar-refractivity contribution >= 4 is 34.6 Å². The summed E-state index contributed by atoms with van der Waals surface area (Å²) in [5, 5.41) is 2.95. The number of hydrogen-bond donors (Lipinski definition) is 1. The number of methoxy groups -OCH3 is 1. The minimum absolute atomic E-state index is 0.0436. The highest BCUT2D eigenvalue weighted by Gasteiger charge is 2.13. The number of hydrogen-bond acceptors (Lipinski definition) is 4. The monoisotopic (exact) mass is 379 g/mol. The molecule has 2 rings (SSSR count). The summed E-state index contributed by atoms with van der Waals surface area (Å²) in [4.78, 5) is 24.6. The fraction of sp³-hybridized carbons (Fsp3) is 0.368. The van der Waals surface area contributed by atoms with Crippen molar-refractivity contribution in [3.63, 3.8) is 0 Å². The number of rotatable bonds is 9. The Morgan fingerprint density at radius 3 is 2.48 bits per heavy atom. The average Bonchev–Trinajstić information content (AvgIpc) is 3.05. The molecule has 1 amide bonds. The Labute approximate surface area is 157 Å². The second-order valence-electron chi connectivity index (χ2n) is 5.88. The molecular formula is C19H22ClNO3S. The first-order valence-electron chi connectivity index (χ1n) is 8.18. The van der Waals surface area contributed by atoms with Crippen LogP contribution in [0.1, 0.15) is 41.4 Å². The van der Waals surface area contributed by atoms with E-state index in [4.69, 9.17) is 16.3 Å². The van der Waals surface area contributed by atoms with Gasteiger partial charge in [-0.2, -0.15) is 0 Å². The van der Waals surface area contributed by atoms with Gasteiger partial charge in [0, 0.05) is 18.9 Å². The van der Waals surface area contributed by atoms with Gasteiger partial charge in [-0.15, -0.1) is 11.3 Å². The van der Waals surface area contributed by atoms with Crippen LogP contribution < -0.4 is 10.1 Å². The fourth-order valence-electron chi connectivity index (χ4n) is 2.41. The molecule has 2 aromatic rings. The van der Waals surface area contributed by atoms with Gasteiger partial charge >= 0.3 is 0 Å². The summed E-state index contributed by atoms with van der Waals surface area (Å²) in [5.41, 5.74) is 1.20. The number of aryl methyl sites for hydroxylation is 1. The normalized spacial score (nSPS) is 11.8. The predicted molar refractivity (Wildman–Crippen MR) is 102 cm³/mol. The zero-order valence-corrected chi connectivity index (χ0v) is 16.0. The Balaban J connectivity index is 1.69. The van der Waals surface area contributed by atoms with Crippen LogP contribution in [0.2, 0.25) is 4.34 Å². The van der Waals surface area contributed by atoms with Crippen molar-refractivity contribution in [2.45, 2.75) is 38.6 Å². The molecule has 0 aliphatic heterocycles. The van der Waals surface area contributed by atoms with Crippen LogP contribution in [0.5, 0.6) is 5.75 Å². The minimum Gasteiger partial charge on any atom is -0.497 e. The zero-order valence-electron chi connectivity index (χ0n) is 14.4.